The summed E-state index contributed by atoms with van der Waals surface area (Å²) < 4.78 is 5.13. The highest BCUT2D eigenvalue weighted by Crippen LogP contribution is 2.17. The van der Waals surface area contributed by atoms with Gasteiger partial charge in [0.2, 0.25) is 5.91 Å². The average molecular weight is 315 g/mol. The molecule has 116 valence electrons. The molecule has 0 aliphatic heterocycles. The maximum atomic E-state index is 12.0. The highest BCUT2D eigenvalue weighted by Gasteiger charge is 2.09. The summed E-state index contributed by atoms with van der Waals surface area (Å²) in [6, 6.07) is 17.9. The molecule has 1 N–H and O–H groups in total. The molecule has 3 nitrogen and oxygen atoms in total. The van der Waals surface area contributed by atoms with Gasteiger partial charge in [-0.25, -0.2) is 0 Å². The third-order valence-corrected chi connectivity index (χ3v) is 4.34. The lowest BCUT2D eigenvalue weighted by Gasteiger charge is -2.14. The van der Waals surface area contributed by atoms with Crippen LogP contribution in [0.2, 0.25) is 0 Å². The largest absolute Gasteiger partial charge is 0.497 e. The molecule has 2 aromatic carbocycles. The van der Waals surface area contributed by atoms with Crippen LogP contribution in [-0.2, 0) is 10.5 Å². The van der Waals surface area contributed by atoms with Crippen LogP contribution in [0.5, 0.6) is 5.75 Å². The van der Waals surface area contributed by atoms with Crippen molar-refractivity contribution in [3.8, 4) is 5.75 Å². The van der Waals surface area contributed by atoms with E-state index in [1.807, 2.05) is 61.5 Å². The number of thioether (sulfide) groups is 1. The summed E-state index contributed by atoms with van der Waals surface area (Å²) in [6.07, 6.45) is 0. The van der Waals surface area contributed by atoms with Crippen molar-refractivity contribution in [2.45, 2.75) is 18.7 Å². The SMILES string of the molecule is COc1ccc(CSCC(=O)N[C@H](C)c2ccccc2)cc1. The van der Waals surface area contributed by atoms with Gasteiger partial charge in [0, 0.05) is 5.75 Å². The fourth-order valence-electron chi connectivity index (χ4n) is 2.09. The van der Waals surface area contributed by atoms with Crippen LogP contribution in [0.3, 0.4) is 0 Å². The van der Waals surface area contributed by atoms with Crippen LogP contribution in [0.4, 0.5) is 0 Å². The van der Waals surface area contributed by atoms with Gasteiger partial charge in [0.15, 0.2) is 0 Å². The maximum Gasteiger partial charge on any atom is 0.230 e. The molecule has 4 heteroatoms. The molecule has 0 saturated carbocycles. The third kappa shape index (κ3) is 5.11. The van der Waals surface area contributed by atoms with Crippen LogP contribution < -0.4 is 10.1 Å². The highest BCUT2D eigenvalue weighted by molar-refractivity contribution is 7.99. The molecule has 0 saturated heterocycles. The van der Waals surface area contributed by atoms with E-state index in [0.717, 1.165) is 17.1 Å². The summed E-state index contributed by atoms with van der Waals surface area (Å²) in [5.41, 5.74) is 2.31. The monoisotopic (exact) mass is 315 g/mol. The van der Waals surface area contributed by atoms with Crippen molar-refractivity contribution >= 4 is 17.7 Å². The van der Waals surface area contributed by atoms with Crippen LogP contribution in [0.25, 0.3) is 0 Å². The number of ether oxygens (including phenoxy) is 1. The van der Waals surface area contributed by atoms with E-state index in [2.05, 4.69) is 5.32 Å². The van der Waals surface area contributed by atoms with Gasteiger partial charge in [0.05, 0.1) is 18.9 Å². The zero-order valence-corrected chi connectivity index (χ0v) is 13.7. The van der Waals surface area contributed by atoms with Gasteiger partial charge in [-0.05, 0) is 30.2 Å². The van der Waals surface area contributed by atoms with Crippen molar-refractivity contribution in [1.82, 2.24) is 5.32 Å². The van der Waals surface area contributed by atoms with Crippen LogP contribution >= 0.6 is 11.8 Å². The van der Waals surface area contributed by atoms with E-state index in [-0.39, 0.29) is 11.9 Å². The van der Waals surface area contributed by atoms with E-state index in [1.54, 1.807) is 18.9 Å². The quantitative estimate of drug-likeness (QED) is 0.844. The molecule has 0 bridgehead atoms. The van der Waals surface area contributed by atoms with Gasteiger partial charge in [0.25, 0.3) is 0 Å². The Bertz CT molecular complexity index is 584. The molecule has 0 spiro atoms. The second-order valence-electron chi connectivity index (χ2n) is 5.04. The van der Waals surface area contributed by atoms with E-state index >= 15 is 0 Å². The molecular formula is C18H21NO2S. The molecular weight excluding hydrogens is 294 g/mol. The molecule has 2 rings (SSSR count). The maximum absolute atomic E-state index is 12.0. The summed E-state index contributed by atoms with van der Waals surface area (Å²) in [5.74, 6) is 2.19. The van der Waals surface area contributed by atoms with Gasteiger partial charge in [-0.1, -0.05) is 42.5 Å². The Morgan fingerprint density at radius 3 is 2.45 bits per heavy atom. The van der Waals surface area contributed by atoms with Crippen LogP contribution in [0.15, 0.2) is 54.6 Å². The number of carbonyl (C=O) groups is 1. The summed E-state index contributed by atoms with van der Waals surface area (Å²) in [4.78, 5) is 12.0. The molecule has 0 aliphatic rings. The minimum atomic E-state index is 0.0373. The highest BCUT2D eigenvalue weighted by atomic mass is 32.2. The first-order chi connectivity index (χ1) is 10.7. The van der Waals surface area contributed by atoms with Gasteiger partial charge in [-0.2, -0.15) is 0 Å². The Morgan fingerprint density at radius 1 is 1.14 bits per heavy atom. The van der Waals surface area contributed by atoms with E-state index in [0.29, 0.717) is 5.75 Å². The van der Waals surface area contributed by atoms with Crippen molar-refractivity contribution in [3.05, 3.63) is 65.7 Å². The Balaban J connectivity index is 1.73. The Labute approximate surface area is 136 Å². The van der Waals surface area contributed by atoms with E-state index in [9.17, 15) is 4.79 Å². The summed E-state index contributed by atoms with van der Waals surface area (Å²) in [5, 5.41) is 3.02. The molecule has 1 amide bonds. The number of hydrogen-bond acceptors (Lipinski definition) is 3. The molecule has 0 heterocycles. The number of rotatable bonds is 7. The van der Waals surface area contributed by atoms with Crippen molar-refractivity contribution in [2.75, 3.05) is 12.9 Å². The van der Waals surface area contributed by atoms with E-state index in [4.69, 9.17) is 4.74 Å². The minimum Gasteiger partial charge on any atom is -0.497 e. The van der Waals surface area contributed by atoms with E-state index < -0.39 is 0 Å². The van der Waals surface area contributed by atoms with Gasteiger partial charge in [0.1, 0.15) is 5.75 Å². The molecule has 0 radical (unpaired) electrons. The topological polar surface area (TPSA) is 38.3 Å². The zero-order valence-electron chi connectivity index (χ0n) is 12.9. The summed E-state index contributed by atoms with van der Waals surface area (Å²) in [7, 11) is 1.65. The number of carbonyl (C=O) groups excluding carboxylic acids is 1. The van der Waals surface area contributed by atoms with Gasteiger partial charge < -0.3 is 10.1 Å². The summed E-state index contributed by atoms with van der Waals surface area (Å²) >= 11 is 1.61. The molecule has 1 atom stereocenters. The van der Waals surface area contributed by atoms with Crippen LogP contribution in [-0.4, -0.2) is 18.8 Å². The molecule has 22 heavy (non-hydrogen) atoms. The lowest BCUT2D eigenvalue weighted by atomic mass is 10.1. The van der Waals surface area contributed by atoms with Crippen molar-refractivity contribution in [1.29, 1.82) is 0 Å². The predicted octanol–water partition coefficient (Wildman–Crippen LogP) is 3.81. The third-order valence-electron chi connectivity index (χ3n) is 3.34. The second-order valence-corrected chi connectivity index (χ2v) is 6.03. The van der Waals surface area contributed by atoms with Crippen LogP contribution in [0, 0.1) is 0 Å². The van der Waals surface area contributed by atoms with Crippen molar-refractivity contribution in [2.24, 2.45) is 0 Å². The van der Waals surface area contributed by atoms with Crippen molar-refractivity contribution < 1.29 is 9.53 Å². The lowest BCUT2D eigenvalue weighted by molar-refractivity contribution is -0.119. The number of hydrogen-bond donors (Lipinski definition) is 1. The predicted molar refractivity (Wildman–Crippen MR) is 92.2 cm³/mol. The second kappa shape index (κ2) is 8.49. The number of nitrogens with one attached hydrogen (secondary N) is 1. The van der Waals surface area contributed by atoms with E-state index in [1.165, 1.54) is 5.56 Å². The molecule has 0 aliphatic carbocycles. The van der Waals surface area contributed by atoms with Crippen LogP contribution in [0.1, 0.15) is 24.1 Å². The number of amides is 1. The van der Waals surface area contributed by atoms with Crippen molar-refractivity contribution in [3.63, 3.8) is 0 Å². The normalized spacial score (nSPS) is 11.7. The van der Waals surface area contributed by atoms with Gasteiger partial charge in [-0.15, -0.1) is 11.8 Å². The Hall–Kier alpha value is -1.94. The van der Waals surface area contributed by atoms with Gasteiger partial charge >= 0.3 is 0 Å². The fourth-order valence-corrected chi connectivity index (χ4v) is 2.89. The minimum absolute atomic E-state index is 0.0373. The smallest absolute Gasteiger partial charge is 0.230 e. The molecule has 0 unspecified atom stereocenters. The first kappa shape index (κ1) is 16.4. The Morgan fingerprint density at radius 2 is 1.82 bits per heavy atom. The first-order valence-electron chi connectivity index (χ1n) is 7.24. The lowest BCUT2D eigenvalue weighted by Crippen LogP contribution is -2.28. The molecule has 0 aromatic heterocycles. The Kier molecular flexibility index (Phi) is 6.34. The zero-order chi connectivity index (χ0) is 15.8. The average Bonchev–Trinajstić information content (AvgIpc) is 2.56. The number of benzene rings is 2. The standard InChI is InChI=1S/C18H21NO2S/c1-14(16-6-4-3-5-7-16)19-18(20)13-22-12-15-8-10-17(21-2)11-9-15/h3-11,14H,12-13H2,1-2H3,(H,19,20)/t14-/m1/s1. The summed E-state index contributed by atoms with van der Waals surface area (Å²) in [6.45, 7) is 2.00. The first-order valence-corrected chi connectivity index (χ1v) is 8.39. The fraction of sp³-hybridized carbons (Fsp3) is 0.278. The van der Waals surface area contributed by atoms with Gasteiger partial charge in [-0.3, -0.25) is 4.79 Å². The number of methoxy groups -OCH3 is 1. The molecule has 2 aromatic rings. The molecule has 0 fully saturated rings.